The molecule has 3 aromatic rings. The summed E-state index contributed by atoms with van der Waals surface area (Å²) < 4.78 is 5.46. The Bertz CT molecular complexity index is 940. The summed E-state index contributed by atoms with van der Waals surface area (Å²) in [6.45, 7) is 0.632. The summed E-state index contributed by atoms with van der Waals surface area (Å²) in [5.74, 6) is 0.797. The SMILES string of the molecule is O=C(c1ccccc1Cl)N1CCC[C@@H]1c1nc(-c2ccc(Cl)cc2)no1. The van der Waals surface area contributed by atoms with Crippen molar-refractivity contribution in [2.24, 2.45) is 0 Å². The second-order valence-corrected chi connectivity index (χ2v) is 6.94. The highest BCUT2D eigenvalue weighted by atomic mass is 35.5. The van der Waals surface area contributed by atoms with Gasteiger partial charge in [0, 0.05) is 17.1 Å². The highest BCUT2D eigenvalue weighted by Gasteiger charge is 2.35. The van der Waals surface area contributed by atoms with Gasteiger partial charge in [0.15, 0.2) is 0 Å². The lowest BCUT2D eigenvalue weighted by molar-refractivity contribution is 0.0710. The van der Waals surface area contributed by atoms with E-state index in [1.165, 1.54) is 0 Å². The van der Waals surface area contributed by atoms with Crippen molar-refractivity contribution in [2.45, 2.75) is 18.9 Å². The van der Waals surface area contributed by atoms with Crippen molar-refractivity contribution in [2.75, 3.05) is 6.54 Å². The fourth-order valence-electron chi connectivity index (χ4n) is 3.14. The molecule has 7 heteroatoms. The molecular formula is C19H15Cl2N3O2. The number of benzene rings is 2. The van der Waals surface area contributed by atoms with E-state index < -0.39 is 0 Å². The van der Waals surface area contributed by atoms with Crippen molar-refractivity contribution in [3.05, 3.63) is 70.0 Å². The standard InChI is InChI=1S/C19H15Cl2N3O2/c20-13-9-7-12(8-10-13)17-22-18(26-23-17)16-6-3-11-24(16)19(25)14-4-1-2-5-15(14)21/h1-2,4-5,7-10,16H,3,6,11H2/t16-/m1/s1. The fourth-order valence-corrected chi connectivity index (χ4v) is 3.49. The molecule has 132 valence electrons. The Morgan fingerprint density at radius 1 is 1.12 bits per heavy atom. The highest BCUT2D eigenvalue weighted by molar-refractivity contribution is 6.33. The largest absolute Gasteiger partial charge is 0.337 e. The average molecular weight is 388 g/mol. The number of amides is 1. The summed E-state index contributed by atoms with van der Waals surface area (Å²) in [5.41, 5.74) is 1.30. The molecule has 26 heavy (non-hydrogen) atoms. The van der Waals surface area contributed by atoms with Crippen LogP contribution in [0.25, 0.3) is 11.4 Å². The third kappa shape index (κ3) is 3.20. The molecule has 0 radical (unpaired) electrons. The van der Waals surface area contributed by atoms with Crippen LogP contribution in [0.3, 0.4) is 0 Å². The summed E-state index contributed by atoms with van der Waals surface area (Å²) in [5, 5.41) is 5.14. The number of aromatic nitrogens is 2. The van der Waals surface area contributed by atoms with E-state index in [2.05, 4.69) is 10.1 Å². The molecule has 1 amide bonds. The third-order valence-electron chi connectivity index (χ3n) is 4.45. The molecule has 2 heterocycles. The number of halogens is 2. The molecule has 1 saturated heterocycles. The van der Waals surface area contributed by atoms with E-state index in [1.807, 2.05) is 12.1 Å². The molecule has 1 fully saturated rings. The molecule has 5 nitrogen and oxygen atoms in total. The maximum Gasteiger partial charge on any atom is 0.256 e. The Balaban J connectivity index is 1.60. The molecule has 0 unspecified atom stereocenters. The Labute approximate surface area is 160 Å². The molecule has 0 aliphatic carbocycles. The van der Waals surface area contributed by atoms with Crippen molar-refractivity contribution in [3.8, 4) is 11.4 Å². The van der Waals surface area contributed by atoms with Crippen LogP contribution in [0.2, 0.25) is 10.0 Å². The first-order valence-corrected chi connectivity index (χ1v) is 9.04. The summed E-state index contributed by atoms with van der Waals surface area (Å²) in [4.78, 5) is 19.1. The minimum absolute atomic E-state index is 0.121. The van der Waals surface area contributed by atoms with Crippen LogP contribution in [0.15, 0.2) is 53.1 Å². The number of carbonyl (C=O) groups is 1. The van der Waals surface area contributed by atoms with Gasteiger partial charge < -0.3 is 9.42 Å². The number of hydrogen-bond acceptors (Lipinski definition) is 4. The van der Waals surface area contributed by atoms with Gasteiger partial charge in [-0.2, -0.15) is 4.98 Å². The predicted octanol–water partition coefficient (Wildman–Crippen LogP) is 5.02. The van der Waals surface area contributed by atoms with Crippen molar-refractivity contribution in [1.29, 1.82) is 0 Å². The van der Waals surface area contributed by atoms with Gasteiger partial charge in [0.25, 0.3) is 5.91 Å². The maximum atomic E-state index is 12.9. The minimum Gasteiger partial charge on any atom is -0.337 e. The van der Waals surface area contributed by atoms with Gasteiger partial charge in [0.2, 0.25) is 11.7 Å². The zero-order chi connectivity index (χ0) is 18.1. The van der Waals surface area contributed by atoms with E-state index in [9.17, 15) is 4.79 Å². The van der Waals surface area contributed by atoms with Gasteiger partial charge in [-0.1, -0.05) is 40.5 Å². The van der Waals surface area contributed by atoms with Gasteiger partial charge in [0.1, 0.15) is 6.04 Å². The summed E-state index contributed by atoms with van der Waals surface area (Å²) >= 11 is 12.1. The fraction of sp³-hybridized carbons (Fsp3) is 0.211. The molecular weight excluding hydrogens is 373 g/mol. The third-order valence-corrected chi connectivity index (χ3v) is 5.03. The molecule has 0 saturated carbocycles. The summed E-state index contributed by atoms with van der Waals surface area (Å²) in [6.07, 6.45) is 1.65. The normalized spacial score (nSPS) is 16.8. The molecule has 0 spiro atoms. The first kappa shape index (κ1) is 17.1. The smallest absolute Gasteiger partial charge is 0.256 e. The van der Waals surface area contributed by atoms with Gasteiger partial charge in [-0.3, -0.25) is 4.79 Å². The lowest BCUT2D eigenvalue weighted by Crippen LogP contribution is -2.30. The van der Waals surface area contributed by atoms with Crippen LogP contribution in [-0.4, -0.2) is 27.5 Å². The zero-order valence-electron chi connectivity index (χ0n) is 13.7. The number of likely N-dealkylation sites (tertiary alicyclic amines) is 1. The Kier molecular flexibility index (Phi) is 4.66. The molecule has 2 aromatic carbocycles. The van der Waals surface area contributed by atoms with Gasteiger partial charge >= 0.3 is 0 Å². The van der Waals surface area contributed by atoms with Gasteiger partial charge in [-0.15, -0.1) is 0 Å². The van der Waals surface area contributed by atoms with Crippen LogP contribution in [-0.2, 0) is 0 Å². The molecule has 1 atom stereocenters. The monoisotopic (exact) mass is 387 g/mol. The molecule has 0 bridgehead atoms. The van der Waals surface area contributed by atoms with E-state index in [4.69, 9.17) is 27.7 Å². The lowest BCUT2D eigenvalue weighted by atomic mass is 10.1. The number of carbonyl (C=O) groups excluding carboxylic acids is 1. The van der Waals surface area contributed by atoms with E-state index in [-0.39, 0.29) is 11.9 Å². The van der Waals surface area contributed by atoms with Gasteiger partial charge in [-0.25, -0.2) is 0 Å². The second kappa shape index (κ2) is 7.09. The Morgan fingerprint density at radius 2 is 1.88 bits per heavy atom. The van der Waals surface area contributed by atoms with Gasteiger partial charge in [-0.05, 0) is 49.2 Å². The van der Waals surface area contributed by atoms with Crippen molar-refractivity contribution in [1.82, 2.24) is 15.0 Å². The van der Waals surface area contributed by atoms with Crippen molar-refractivity contribution < 1.29 is 9.32 Å². The number of hydrogen-bond donors (Lipinski definition) is 0. The highest BCUT2D eigenvalue weighted by Crippen LogP contribution is 2.34. The van der Waals surface area contributed by atoms with Crippen molar-refractivity contribution >= 4 is 29.1 Å². The quantitative estimate of drug-likeness (QED) is 0.632. The van der Waals surface area contributed by atoms with E-state index >= 15 is 0 Å². The maximum absolute atomic E-state index is 12.9. The first-order chi connectivity index (χ1) is 12.6. The van der Waals surface area contributed by atoms with Crippen LogP contribution < -0.4 is 0 Å². The molecule has 1 aliphatic rings. The van der Waals surface area contributed by atoms with E-state index in [0.29, 0.717) is 33.9 Å². The predicted molar refractivity (Wildman–Crippen MR) is 99.2 cm³/mol. The minimum atomic E-state index is -0.243. The summed E-state index contributed by atoms with van der Waals surface area (Å²) in [6, 6.07) is 14.0. The summed E-state index contributed by atoms with van der Waals surface area (Å²) in [7, 11) is 0. The molecule has 4 rings (SSSR count). The van der Waals surface area contributed by atoms with Crippen LogP contribution >= 0.6 is 23.2 Å². The van der Waals surface area contributed by atoms with Crippen LogP contribution in [0, 0.1) is 0 Å². The molecule has 0 N–H and O–H groups in total. The average Bonchev–Trinajstić information content (AvgIpc) is 3.31. The Morgan fingerprint density at radius 3 is 2.65 bits per heavy atom. The van der Waals surface area contributed by atoms with Gasteiger partial charge in [0.05, 0.1) is 10.6 Å². The number of rotatable bonds is 3. The lowest BCUT2D eigenvalue weighted by Gasteiger charge is -2.22. The van der Waals surface area contributed by atoms with Crippen LogP contribution in [0.1, 0.15) is 35.1 Å². The van der Waals surface area contributed by atoms with E-state index in [1.54, 1.807) is 41.3 Å². The van der Waals surface area contributed by atoms with Crippen molar-refractivity contribution in [3.63, 3.8) is 0 Å². The zero-order valence-corrected chi connectivity index (χ0v) is 15.2. The second-order valence-electron chi connectivity index (χ2n) is 6.10. The molecule has 1 aromatic heterocycles. The van der Waals surface area contributed by atoms with E-state index in [0.717, 1.165) is 18.4 Å². The van der Waals surface area contributed by atoms with Crippen LogP contribution in [0.5, 0.6) is 0 Å². The number of nitrogens with zero attached hydrogens (tertiary/aromatic N) is 3. The topological polar surface area (TPSA) is 59.2 Å². The first-order valence-electron chi connectivity index (χ1n) is 8.28. The van der Waals surface area contributed by atoms with Crippen LogP contribution in [0.4, 0.5) is 0 Å². The molecule has 1 aliphatic heterocycles. The Hall–Kier alpha value is -2.37.